The SMILES string of the molecule is C.Cc1ccc2c(n1)c1c(n2CCc2ccc(C(F)(F)F)nc2)CCN(C)C1. The predicted octanol–water partition coefficient (Wildman–Crippen LogP) is 4.63. The lowest BCUT2D eigenvalue weighted by molar-refractivity contribution is -0.141. The van der Waals surface area contributed by atoms with E-state index in [-0.39, 0.29) is 7.43 Å². The quantitative estimate of drug-likeness (QED) is 0.654. The zero-order valence-electron chi connectivity index (χ0n) is 15.3. The number of alkyl halides is 3. The minimum atomic E-state index is -4.40. The molecule has 0 amide bonds. The van der Waals surface area contributed by atoms with Crippen molar-refractivity contribution in [1.29, 1.82) is 0 Å². The molecule has 0 aromatic carbocycles. The average Bonchev–Trinajstić information content (AvgIpc) is 2.92. The van der Waals surface area contributed by atoms with Crippen molar-refractivity contribution < 1.29 is 13.2 Å². The van der Waals surface area contributed by atoms with Gasteiger partial charge in [0.25, 0.3) is 0 Å². The number of halogens is 3. The van der Waals surface area contributed by atoms with Crippen LogP contribution >= 0.6 is 0 Å². The molecular formula is C21H25F3N4. The third-order valence-electron chi connectivity index (χ3n) is 5.16. The molecule has 7 heteroatoms. The van der Waals surface area contributed by atoms with Gasteiger partial charge in [-0.3, -0.25) is 9.97 Å². The molecule has 28 heavy (non-hydrogen) atoms. The van der Waals surface area contributed by atoms with Gasteiger partial charge in [0, 0.05) is 49.2 Å². The maximum Gasteiger partial charge on any atom is 0.433 e. The van der Waals surface area contributed by atoms with Crippen LogP contribution in [0.1, 0.15) is 35.6 Å². The lowest BCUT2D eigenvalue weighted by atomic mass is 10.1. The summed E-state index contributed by atoms with van der Waals surface area (Å²) in [4.78, 5) is 10.6. The molecular weight excluding hydrogens is 365 g/mol. The molecule has 150 valence electrons. The highest BCUT2D eigenvalue weighted by Crippen LogP contribution is 2.30. The Hall–Kier alpha value is -2.41. The Bertz CT molecular complexity index is 974. The van der Waals surface area contributed by atoms with E-state index >= 15 is 0 Å². The molecule has 0 atom stereocenters. The Morgan fingerprint density at radius 1 is 1.14 bits per heavy atom. The number of nitrogens with zero attached hydrogens (tertiary/aromatic N) is 4. The zero-order chi connectivity index (χ0) is 19.2. The summed E-state index contributed by atoms with van der Waals surface area (Å²) in [6.45, 7) is 4.55. The highest BCUT2D eigenvalue weighted by atomic mass is 19.4. The molecule has 0 saturated carbocycles. The number of pyridine rings is 2. The summed E-state index contributed by atoms with van der Waals surface area (Å²) in [5.41, 5.74) is 5.64. The average molecular weight is 390 g/mol. The van der Waals surface area contributed by atoms with Gasteiger partial charge >= 0.3 is 6.18 Å². The van der Waals surface area contributed by atoms with E-state index in [1.807, 2.05) is 13.0 Å². The van der Waals surface area contributed by atoms with Crippen molar-refractivity contribution in [2.24, 2.45) is 0 Å². The number of fused-ring (bicyclic) bond motifs is 3. The lowest BCUT2D eigenvalue weighted by Gasteiger charge is -2.24. The standard InChI is InChI=1S/C20H21F3N4.CH4/c1-13-3-5-17-19(25-13)15-12-26(2)9-8-16(15)27(17)10-7-14-4-6-18(24-11-14)20(21,22)23;/h3-6,11H,7-10,12H2,1-2H3;1H4. The number of aromatic nitrogens is 3. The first-order chi connectivity index (χ1) is 12.8. The molecule has 0 fully saturated rings. The van der Waals surface area contributed by atoms with E-state index in [1.165, 1.54) is 23.5 Å². The minimum absolute atomic E-state index is 0. The number of hydrogen-bond donors (Lipinski definition) is 0. The van der Waals surface area contributed by atoms with Gasteiger partial charge in [0.15, 0.2) is 0 Å². The lowest BCUT2D eigenvalue weighted by Crippen LogP contribution is -2.27. The van der Waals surface area contributed by atoms with Crippen LogP contribution < -0.4 is 0 Å². The molecule has 0 N–H and O–H groups in total. The van der Waals surface area contributed by atoms with Crippen LogP contribution in [0.2, 0.25) is 0 Å². The fraction of sp³-hybridized carbons (Fsp3) is 0.429. The van der Waals surface area contributed by atoms with E-state index in [0.717, 1.165) is 47.9 Å². The maximum absolute atomic E-state index is 12.7. The monoisotopic (exact) mass is 390 g/mol. The van der Waals surface area contributed by atoms with Gasteiger partial charge in [0.2, 0.25) is 0 Å². The zero-order valence-corrected chi connectivity index (χ0v) is 15.3. The largest absolute Gasteiger partial charge is 0.433 e. The Morgan fingerprint density at radius 3 is 2.61 bits per heavy atom. The van der Waals surface area contributed by atoms with Crippen LogP contribution in [0.5, 0.6) is 0 Å². The van der Waals surface area contributed by atoms with Crippen LogP contribution in [0.4, 0.5) is 13.2 Å². The molecule has 0 saturated heterocycles. The summed E-state index contributed by atoms with van der Waals surface area (Å²) in [5.74, 6) is 0. The Balaban J connectivity index is 0.00000225. The van der Waals surface area contributed by atoms with Crippen molar-refractivity contribution in [3.8, 4) is 0 Å². The summed E-state index contributed by atoms with van der Waals surface area (Å²) in [7, 11) is 2.11. The second-order valence-corrected chi connectivity index (χ2v) is 7.18. The van der Waals surface area contributed by atoms with Crippen molar-refractivity contribution in [1.82, 2.24) is 19.4 Å². The van der Waals surface area contributed by atoms with E-state index < -0.39 is 11.9 Å². The van der Waals surface area contributed by atoms with E-state index in [1.54, 1.807) is 0 Å². The third kappa shape index (κ3) is 3.76. The van der Waals surface area contributed by atoms with Crippen LogP contribution in [-0.4, -0.2) is 33.0 Å². The van der Waals surface area contributed by atoms with E-state index in [9.17, 15) is 13.2 Å². The highest BCUT2D eigenvalue weighted by molar-refractivity contribution is 5.82. The van der Waals surface area contributed by atoms with Crippen LogP contribution in [0.15, 0.2) is 30.5 Å². The van der Waals surface area contributed by atoms with Gasteiger partial charge in [-0.05, 0) is 44.2 Å². The topological polar surface area (TPSA) is 34.0 Å². The van der Waals surface area contributed by atoms with Gasteiger partial charge in [-0.25, -0.2) is 0 Å². The first-order valence-electron chi connectivity index (χ1n) is 9.01. The van der Waals surface area contributed by atoms with Crippen LogP contribution in [0, 0.1) is 6.92 Å². The summed E-state index contributed by atoms with van der Waals surface area (Å²) >= 11 is 0. The molecule has 0 radical (unpaired) electrons. The number of likely N-dealkylation sites (N-methyl/N-ethyl adjacent to an activating group) is 1. The molecule has 3 aromatic rings. The summed E-state index contributed by atoms with van der Waals surface area (Å²) in [5, 5.41) is 0. The van der Waals surface area contributed by atoms with Crippen LogP contribution in [0.25, 0.3) is 11.0 Å². The van der Waals surface area contributed by atoms with Crippen molar-refractivity contribution in [2.45, 2.75) is 46.5 Å². The molecule has 4 rings (SSSR count). The normalized spacial score (nSPS) is 14.8. The Kier molecular flexibility index (Phi) is 5.48. The molecule has 0 bridgehead atoms. The van der Waals surface area contributed by atoms with Gasteiger partial charge < -0.3 is 9.47 Å². The van der Waals surface area contributed by atoms with Crippen molar-refractivity contribution in [3.63, 3.8) is 0 Å². The summed E-state index contributed by atoms with van der Waals surface area (Å²) in [6.07, 6.45) is -1.49. The number of hydrogen-bond acceptors (Lipinski definition) is 3. The molecule has 4 heterocycles. The third-order valence-corrected chi connectivity index (χ3v) is 5.16. The molecule has 0 spiro atoms. The van der Waals surface area contributed by atoms with Gasteiger partial charge in [0.05, 0.1) is 11.0 Å². The van der Waals surface area contributed by atoms with Crippen molar-refractivity contribution in [3.05, 3.63) is 58.7 Å². The molecule has 3 aromatic heterocycles. The van der Waals surface area contributed by atoms with E-state index in [4.69, 9.17) is 4.98 Å². The molecule has 0 unspecified atom stereocenters. The summed E-state index contributed by atoms with van der Waals surface area (Å²) in [6, 6.07) is 6.68. The Morgan fingerprint density at radius 2 is 1.93 bits per heavy atom. The van der Waals surface area contributed by atoms with Crippen LogP contribution in [0.3, 0.4) is 0 Å². The van der Waals surface area contributed by atoms with Gasteiger partial charge in [-0.1, -0.05) is 13.5 Å². The van der Waals surface area contributed by atoms with E-state index in [0.29, 0.717) is 13.0 Å². The Labute approximate surface area is 163 Å². The van der Waals surface area contributed by atoms with Gasteiger partial charge in [-0.15, -0.1) is 0 Å². The van der Waals surface area contributed by atoms with E-state index in [2.05, 4.69) is 27.6 Å². The first kappa shape index (κ1) is 20.3. The van der Waals surface area contributed by atoms with Gasteiger partial charge in [-0.2, -0.15) is 13.2 Å². The molecule has 4 nitrogen and oxygen atoms in total. The van der Waals surface area contributed by atoms with Gasteiger partial charge in [0.1, 0.15) is 5.69 Å². The summed E-state index contributed by atoms with van der Waals surface area (Å²) < 4.78 is 40.3. The number of aryl methyl sites for hydroxylation is 3. The highest BCUT2D eigenvalue weighted by Gasteiger charge is 2.32. The smallest absolute Gasteiger partial charge is 0.343 e. The maximum atomic E-state index is 12.7. The van der Waals surface area contributed by atoms with Crippen molar-refractivity contribution in [2.75, 3.05) is 13.6 Å². The fourth-order valence-electron chi connectivity index (χ4n) is 3.77. The molecule has 0 aliphatic carbocycles. The van der Waals surface area contributed by atoms with Crippen LogP contribution in [-0.2, 0) is 32.1 Å². The van der Waals surface area contributed by atoms with Crippen molar-refractivity contribution >= 4 is 11.0 Å². The number of rotatable bonds is 3. The minimum Gasteiger partial charge on any atom is -0.343 e. The molecule has 1 aliphatic heterocycles. The second-order valence-electron chi connectivity index (χ2n) is 7.18. The molecule has 1 aliphatic rings. The predicted molar refractivity (Wildman–Crippen MR) is 104 cm³/mol. The fourth-order valence-corrected chi connectivity index (χ4v) is 3.77. The first-order valence-corrected chi connectivity index (χ1v) is 9.01. The second kappa shape index (κ2) is 7.54.